The molecule has 3 atom stereocenters. The van der Waals surface area contributed by atoms with Gasteiger partial charge in [0.05, 0.1) is 18.1 Å². The highest BCUT2D eigenvalue weighted by Gasteiger charge is 2.62. The molecule has 0 aliphatic heterocycles. The van der Waals surface area contributed by atoms with E-state index in [9.17, 15) is 13.6 Å². The lowest BCUT2D eigenvalue weighted by molar-refractivity contribution is -0.147. The standard InChI is InChI=1S/C10H17F2NO3/c1-3-16-8(15)6-4-7(6)9(2,13)10(11,12)5-14/h6-7,14H,3-5,13H2,1-2H3/t6-,7-,9+/m0/s1. The van der Waals surface area contributed by atoms with Crippen LogP contribution in [0.4, 0.5) is 8.78 Å². The first-order chi connectivity index (χ1) is 7.28. The van der Waals surface area contributed by atoms with Crippen LogP contribution in [0.2, 0.25) is 0 Å². The third kappa shape index (κ3) is 2.17. The summed E-state index contributed by atoms with van der Waals surface area (Å²) in [6, 6.07) is 0. The van der Waals surface area contributed by atoms with Crippen LogP contribution in [-0.2, 0) is 9.53 Å². The van der Waals surface area contributed by atoms with Crippen molar-refractivity contribution in [3.8, 4) is 0 Å². The molecule has 1 saturated carbocycles. The normalized spacial score (nSPS) is 28.4. The van der Waals surface area contributed by atoms with E-state index in [4.69, 9.17) is 15.6 Å². The van der Waals surface area contributed by atoms with Gasteiger partial charge >= 0.3 is 5.97 Å². The number of ether oxygens (including phenoxy) is 1. The Morgan fingerprint density at radius 2 is 2.19 bits per heavy atom. The van der Waals surface area contributed by atoms with Gasteiger partial charge in [-0.15, -0.1) is 0 Å². The third-order valence-electron chi connectivity index (χ3n) is 3.14. The number of aliphatic hydroxyl groups excluding tert-OH is 1. The molecule has 1 aliphatic rings. The fourth-order valence-corrected chi connectivity index (χ4v) is 1.81. The van der Waals surface area contributed by atoms with Crippen molar-refractivity contribution < 1.29 is 23.4 Å². The maximum absolute atomic E-state index is 13.3. The zero-order valence-corrected chi connectivity index (χ0v) is 9.37. The average Bonchev–Trinajstić information content (AvgIpc) is 2.97. The number of esters is 1. The number of alkyl halides is 2. The second-order valence-corrected chi connectivity index (χ2v) is 4.35. The molecular weight excluding hydrogens is 220 g/mol. The van der Waals surface area contributed by atoms with Gasteiger partial charge in [0.1, 0.15) is 6.61 Å². The monoisotopic (exact) mass is 237 g/mol. The molecular formula is C10H17F2NO3. The van der Waals surface area contributed by atoms with Gasteiger partial charge < -0.3 is 15.6 Å². The van der Waals surface area contributed by atoms with Crippen molar-refractivity contribution in [1.29, 1.82) is 0 Å². The first kappa shape index (κ1) is 13.3. The Balaban J connectivity index is 2.65. The van der Waals surface area contributed by atoms with Gasteiger partial charge in [-0.05, 0) is 26.2 Å². The largest absolute Gasteiger partial charge is 0.466 e. The van der Waals surface area contributed by atoms with E-state index in [1.165, 1.54) is 0 Å². The number of carbonyl (C=O) groups is 1. The second kappa shape index (κ2) is 4.25. The molecule has 0 aromatic heterocycles. The van der Waals surface area contributed by atoms with Crippen molar-refractivity contribution in [2.75, 3.05) is 13.2 Å². The molecule has 0 aromatic carbocycles. The number of rotatable bonds is 5. The van der Waals surface area contributed by atoms with E-state index in [0.29, 0.717) is 6.42 Å². The minimum absolute atomic E-state index is 0.222. The fraction of sp³-hybridized carbons (Fsp3) is 0.900. The molecule has 16 heavy (non-hydrogen) atoms. The first-order valence-corrected chi connectivity index (χ1v) is 5.22. The summed E-state index contributed by atoms with van der Waals surface area (Å²) in [5.41, 5.74) is 3.64. The maximum atomic E-state index is 13.3. The minimum atomic E-state index is -3.39. The summed E-state index contributed by atoms with van der Waals surface area (Å²) in [4.78, 5) is 11.3. The summed E-state index contributed by atoms with van der Waals surface area (Å²) in [7, 11) is 0. The smallest absolute Gasteiger partial charge is 0.309 e. The molecule has 4 nitrogen and oxygen atoms in total. The second-order valence-electron chi connectivity index (χ2n) is 4.35. The van der Waals surface area contributed by atoms with Gasteiger partial charge in [0, 0.05) is 0 Å². The summed E-state index contributed by atoms with van der Waals surface area (Å²) in [6.07, 6.45) is 0.293. The number of halogens is 2. The van der Waals surface area contributed by atoms with E-state index < -0.39 is 35.9 Å². The number of carbonyl (C=O) groups excluding carboxylic acids is 1. The third-order valence-corrected chi connectivity index (χ3v) is 3.14. The Kier molecular flexibility index (Phi) is 3.54. The van der Waals surface area contributed by atoms with Crippen LogP contribution >= 0.6 is 0 Å². The van der Waals surface area contributed by atoms with Crippen molar-refractivity contribution in [1.82, 2.24) is 0 Å². The first-order valence-electron chi connectivity index (χ1n) is 5.22. The summed E-state index contributed by atoms with van der Waals surface area (Å²) in [5.74, 6) is -5.07. The lowest BCUT2D eigenvalue weighted by atomic mass is 9.88. The van der Waals surface area contributed by atoms with Crippen molar-refractivity contribution in [3.63, 3.8) is 0 Å². The lowest BCUT2D eigenvalue weighted by Crippen LogP contribution is -2.57. The van der Waals surface area contributed by atoms with Crippen LogP contribution in [0.3, 0.4) is 0 Å². The molecule has 0 heterocycles. The van der Waals surface area contributed by atoms with Crippen molar-refractivity contribution in [2.24, 2.45) is 17.6 Å². The van der Waals surface area contributed by atoms with E-state index >= 15 is 0 Å². The number of hydrogen-bond donors (Lipinski definition) is 2. The predicted molar refractivity (Wildman–Crippen MR) is 52.9 cm³/mol. The Morgan fingerprint density at radius 1 is 1.62 bits per heavy atom. The van der Waals surface area contributed by atoms with E-state index in [0.717, 1.165) is 6.92 Å². The molecule has 94 valence electrons. The topological polar surface area (TPSA) is 72.5 Å². The number of nitrogens with two attached hydrogens (primary N) is 1. The van der Waals surface area contributed by atoms with Crippen LogP contribution < -0.4 is 5.73 Å². The van der Waals surface area contributed by atoms with E-state index in [1.807, 2.05) is 0 Å². The quantitative estimate of drug-likeness (QED) is 0.684. The van der Waals surface area contributed by atoms with Gasteiger partial charge in [-0.2, -0.15) is 0 Å². The molecule has 1 fully saturated rings. The number of aliphatic hydroxyl groups is 1. The van der Waals surface area contributed by atoms with Crippen LogP contribution in [0.15, 0.2) is 0 Å². The summed E-state index contributed by atoms with van der Waals surface area (Å²) in [5, 5.41) is 8.59. The van der Waals surface area contributed by atoms with Crippen molar-refractivity contribution in [2.45, 2.75) is 31.7 Å². The number of hydrogen-bond acceptors (Lipinski definition) is 4. The van der Waals surface area contributed by atoms with Gasteiger partial charge in [-0.25, -0.2) is 8.78 Å². The minimum Gasteiger partial charge on any atom is -0.466 e. The Labute approximate surface area is 92.8 Å². The van der Waals surface area contributed by atoms with Gasteiger partial charge in [0.2, 0.25) is 0 Å². The van der Waals surface area contributed by atoms with Gasteiger partial charge in [0.15, 0.2) is 0 Å². The summed E-state index contributed by atoms with van der Waals surface area (Å²) in [6.45, 7) is 1.72. The molecule has 0 spiro atoms. The molecule has 0 amide bonds. The fourth-order valence-electron chi connectivity index (χ4n) is 1.81. The van der Waals surface area contributed by atoms with Gasteiger partial charge in [-0.3, -0.25) is 4.79 Å². The molecule has 0 saturated heterocycles. The van der Waals surface area contributed by atoms with Crippen LogP contribution in [0.1, 0.15) is 20.3 Å². The molecule has 0 unspecified atom stereocenters. The van der Waals surface area contributed by atoms with Crippen molar-refractivity contribution in [3.05, 3.63) is 0 Å². The average molecular weight is 237 g/mol. The zero-order chi connectivity index (χ0) is 12.6. The van der Waals surface area contributed by atoms with Crippen LogP contribution in [0, 0.1) is 11.8 Å². The highest BCUT2D eigenvalue weighted by Crippen LogP contribution is 2.51. The van der Waals surface area contributed by atoms with Gasteiger partial charge in [0.25, 0.3) is 5.92 Å². The molecule has 1 aliphatic carbocycles. The van der Waals surface area contributed by atoms with Gasteiger partial charge in [-0.1, -0.05) is 0 Å². The van der Waals surface area contributed by atoms with E-state index in [1.54, 1.807) is 6.92 Å². The molecule has 6 heteroatoms. The van der Waals surface area contributed by atoms with Crippen LogP contribution in [0.25, 0.3) is 0 Å². The Morgan fingerprint density at radius 3 is 2.62 bits per heavy atom. The lowest BCUT2D eigenvalue weighted by Gasteiger charge is -2.33. The molecule has 1 rings (SSSR count). The molecule has 0 radical (unpaired) electrons. The predicted octanol–water partition coefficient (Wildman–Crippen LogP) is 0.531. The summed E-state index contributed by atoms with van der Waals surface area (Å²) >= 11 is 0. The zero-order valence-electron chi connectivity index (χ0n) is 9.37. The molecule has 3 N–H and O–H groups in total. The Bertz CT molecular complexity index is 281. The summed E-state index contributed by atoms with van der Waals surface area (Å²) < 4.78 is 31.4. The van der Waals surface area contributed by atoms with E-state index in [-0.39, 0.29) is 6.61 Å². The highest BCUT2D eigenvalue weighted by molar-refractivity contribution is 5.76. The Hall–Kier alpha value is -0.750. The highest BCUT2D eigenvalue weighted by atomic mass is 19.3. The van der Waals surface area contributed by atoms with E-state index in [2.05, 4.69) is 0 Å². The maximum Gasteiger partial charge on any atom is 0.309 e. The van der Waals surface area contributed by atoms with Crippen molar-refractivity contribution >= 4 is 5.97 Å². The van der Waals surface area contributed by atoms with Crippen LogP contribution in [-0.4, -0.2) is 35.8 Å². The SMILES string of the molecule is CCOC(=O)[C@H]1C[C@@H]1[C@@](C)(N)C(F)(F)CO. The van der Waals surface area contributed by atoms with Crippen LogP contribution in [0.5, 0.6) is 0 Å². The molecule has 0 bridgehead atoms. The molecule has 0 aromatic rings.